The summed E-state index contributed by atoms with van der Waals surface area (Å²) in [4.78, 5) is 16.0. The van der Waals surface area contributed by atoms with Crippen molar-refractivity contribution >= 4 is 5.91 Å². The molecule has 1 aromatic carbocycles. The smallest absolute Gasteiger partial charge is 0.222 e. The Hall–Kier alpha value is -2.18. The van der Waals surface area contributed by atoms with E-state index in [1.807, 2.05) is 29.0 Å². The highest BCUT2D eigenvalue weighted by Gasteiger charge is 2.11. The highest BCUT2D eigenvalue weighted by atomic mass is 16.5. The first-order valence-corrected chi connectivity index (χ1v) is 7.25. The van der Waals surface area contributed by atoms with Gasteiger partial charge >= 0.3 is 0 Å². The van der Waals surface area contributed by atoms with Crippen LogP contribution in [0.5, 0.6) is 0 Å². The summed E-state index contributed by atoms with van der Waals surface area (Å²) in [5.41, 5.74) is 7.77. The molecule has 2 rings (SSSR count). The van der Waals surface area contributed by atoms with E-state index in [-0.39, 0.29) is 18.4 Å². The van der Waals surface area contributed by atoms with E-state index in [9.17, 15) is 4.79 Å². The molecule has 1 aromatic heterocycles. The molecule has 2 aromatic rings. The van der Waals surface area contributed by atoms with Crippen LogP contribution in [0.25, 0.3) is 0 Å². The van der Waals surface area contributed by atoms with Crippen LogP contribution in [0.4, 0.5) is 0 Å². The first kappa shape index (κ1) is 16.2. The third-order valence-corrected chi connectivity index (χ3v) is 3.52. The predicted octanol–water partition coefficient (Wildman–Crippen LogP) is 0.911. The highest BCUT2D eigenvalue weighted by Crippen LogP contribution is 2.10. The number of nitrogens with one attached hydrogen (secondary N) is 1. The molecular formula is C16H22N4O2. The number of carbonyl (C=O) groups is 1. The van der Waals surface area contributed by atoms with Crippen LogP contribution in [0.2, 0.25) is 0 Å². The molecule has 6 heteroatoms. The SMILES string of the molecule is COC(CN)CC(=O)NCc1ccccc1Cn1ccnc1. The van der Waals surface area contributed by atoms with Gasteiger partial charge in [0.15, 0.2) is 0 Å². The second kappa shape index (κ2) is 8.31. The Morgan fingerprint density at radius 1 is 1.41 bits per heavy atom. The summed E-state index contributed by atoms with van der Waals surface area (Å²) in [7, 11) is 1.56. The number of hydrogen-bond donors (Lipinski definition) is 2. The lowest BCUT2D eigenvalue weighted by atomic mass is 10.1. The number of ether oxygens (including phenoxy) is 1. The monoisotopic (exact) mass is 302 g/mol. The van der Waals surface area contributed by atoms with E-state index >= 15 is 0 Å². The molecule has 1 heterocycles. The van der Waals surface area contributed by atoms with Crippen LogP contribution in [0.1, 0.15) is 17.5 Å². The van der Waals surface area contributed by atoms with Crippen molar-refractivity contribution in [3.05, 3.63) is 54.1 Å². The maximum Gasteiger partial charge on any atom is 0.222 e. The topological polar surface area (TPSA) is 82.2 Å². The first-order valence-electron chi connectivity index (χ1n) is 7.25. The number of nitrogens with two attached hydrogens (primary N) is 1. The number of aromatic nitrogens is 2. The van der Waals surface area contributed by atoms with Crippen LogP contribution in [0, 0.1) is 0 Å². The van der Waals surface area contributed by atoms with Crippen molar-refractivity contribution in [2.45, 2.75) is 25.6 Å². The second-order valence-electron chi connectivity index (χ2n) is 5.08. The zero-order chi connectivity index (χ0) is 15.8. The van der Waals surface area contributed by atoms with Gasteiger partial charge in [-0.1, -0.05) is 24.3 Å². The maximum atomic E-state index is 11.9. The summed E-state index contributed by atoms with van der Waals surface area (Å²) in [5.74, 6) is -0.0604. The molecule has 0 aliphatic rings. The standard InChI is InChI=1S/C16H22N4O2/c1-22-15(9-17)8-16(21)19-10-13-4-2-3-5-14(13)11-20-7-6-18-12-20/h2-7,12,15H,8-11,17H2,1H3,(H,19,21). The van der Waals surface area contributed by atoms with Gasteiger partial charge in [0, 0.05) is 39.1 Å². The lowest BCUT2D eigenvalue weighted by Gasteiger charge is -2.14. The minimum atomic E-state index is -0.235. The van der Waals surface area contributed by atoms with Crippen LogP contribution in [0.3, 0.4) is 0 Å². The van der Waals surface area contributed by atoms with Gasteiger partial charge in [-0.2, -0.15) is 0 Å². The van der Waals surface area contributed by atoms with Crippen molar-refractivity contribution in [1.29, 1.82) is 0 Å². The Balaban J connectivity index is 1.94. The molecule has 0 fully saturated rings. The van der Waals surface area contributed by atoms with Crippen molar-refractivity contribution in [3.8, 4) is 0 Å². The molecule has 0 saturated heterocycles. The molecule has 118 valence electrons. The Bertz CT molecular complexity index is 580. The fraction of sp³-hybridized carbons (Fsp3) is 0.375. The highest BCUT2D eigenvalue weighted by molar-refractivity contribution is 5.76. The average molecular weight is 302 g/mol. The molecule has 3 N–H and O–H groups in total. The minimum absolute atomic E-state index is 0.0604. The summed E-state index contributed by atoms with van der Waals surface area (Å²) in [6.07, 6.45) is 5.49. The van der Waals surface area contributed by atoms with Crippen LogP contribution < -0.4 is 11.1 Å². The van der Waals surface area contributed by atoms with Gasteiger partial charge in [0.2, 0.25) is 5.91 Å². The molecular weight excluding hydrogens is 280 g/mol. The lowest BCUT2D eigenvalue weighted by molar-refractivity contribution is -0.123. The minimum Gasteiger partial charge on any atom is -0.380 e. The van der Waals surface area contributed by atoms with Gasteiger partial charge in [0.1, 0.15) is 0 Å². The molecule has 0 saturated carbocycles. The first-order chi connectivity index (χ1) is 10.7. The fourth-order valence-electron chi connectivity index (χ4n) is 2.20. The van der Waals surface area contributed by atoms with E-state index in [0.717, 1.165) is 17.7 Å². The van der Waals surface area contributed by atoms with Crippen molar-refractivity contribution in [1.82, 2.24) is 14.9 Å². The number of nitrogens with zero attached hydrogens (tertiary/aromatic N) is 2. The van der Waals surface area contributed by atoms with E-state index in [2.05, 4.69) is 16.4 Å². The normalized spacial score (nSPS) is 12.1. The van der Waals surface area contributed by atoms with Crippen molar-refractivity contribution in [2.24, 2.45) is 5.73 Å². The maximum absolute atomic E-state index is 11.9. The Kier molecular flexibility index (Phi) is 6.12. The largest absolute Gasteiger partial charge is 0.380 e. The second-order valence-corrected chi connectivity index (χ2v) is 5.08. The van der Waals surface area contributed by atoms with E-state index in [0.29, 0.717) is 13.1 Å². The average Bonchev–Trinajstić information content (AvgIpc) is 3.04. The van der Waals surface area contributed by atoms with Crippen LogP contribution in [-0.2, 0) is 22.6 Å². The molecule has 1 unspecified atom stereocenters. The van der Waals surface area contributed by atoms with Crippen molar-refractivity contribution < 1.29 is 9.53 Å². The van der Waals surface area contributed by atoms with E-state index in [4.69, 9.17) is 10.5 Å². The number of methoxy groups -OCH3 is 1. The summed E-state index contributed by atoms with van der Waals surface area (Å²) in [5, 5.41) is 2.92. The van der Waals surface area contributed by atoms with Crippen molar-refractivity contribution in [2.75, 3.05) is 13.7 Å². The van der Waals surface area contributed by atoms with Gasteiger partial charge in [-0.3, -0.25) is 4.79 Å². The molecule has 1 amide bonds. The van der Waals surface area contributed by atoms with Crippen LogP contribution >= 0.6 is 0 Å². The molecule has 0 spiro atoms. The molecule has 0 radical (unpaired) electrons. The van der Waals surface area contributed by atoms with E-state index in [1.54, 1.807) is 19.6 Å². The fourth-order valence-corrected chi connectivity index (χ4v) is 2.20. The summed E-state index contributed by atoms with van der Waals surface area (Å²) in [6.45, 7) is 1.56. The van der Waals surface area contributed by atoms with Gasteiger partial charge in [-0.25, -0.2) is 4.98 Å². The number of imidazole rings is 1. The molecule has 22 heavy (non-hydrogen) atoms. The van der Waals surface area contributed by atoms with Crippen molar-refractivity contribution in [3.63, 3.8) is 0 Å². The number of hydrogen-bond acceptors (Lipinski definition) is 4. The van der Waals surface area contributed by atoms with Crippen LogP contribution in [0.15, 0.2) is 43.0 Å². The Morgan fingerprint density at radius 3 is 2.82 bits per heavy atom. The summed E-state index contributed by atoms with van der Waals surface area (Å²) >= 11 is 0. The third-order valence-electron chi connectivity index (χ3n) is 3.52. The van der Waals surface area contributed by atoms with Gasteiger partial charge in [-0.15, -0.1) is 0 Å². The number of carbonyl (C=O) groups excluding carboxylic acids is 1. The van der Waals surface area contributed by atoms with Crippen LogP contribution in [-0.4, -0.2) is 35.2 Å². The van der Waals surface area contributed by atoms with Gasteiger partial charge < -0.3 is 20.4 Å². The van der Waals surface area contributed by atoms with E-state index < -0.39 is 0 Å². The van der Waals surface area contributed by atoms with Gasteiger partial charge in [-0.05, 0) is 11.1 Å². The number of rotatable bonds is 8. The lowest BCUT2D eigenvalue weighted by Crippen LogP contribution is -2.32. The van der Waals surface area contributed by atoms with Gasteiger partial charge in [0.25, 0.3) is 0 Å². The van der Waals surface area contributed by atoms with Gasteiger partial charge in [0.05, 0.1) is 18.9 Å². The zero-order valence-corrected chi connectivity index (χ0v) is 12.7. The summed E-state index contributed by atoms with van der Waals surface area (Å²) in [6, 6.07) is 8.03. The van der Waals surface area contributed by atoms with E-state index in [1.165, 1.54) is 0 Å². The number of benzene rings is 1. The molecule has 0 aliphatic heterocycles. The number of amides is 1. The Morgan fingerprint density at radius 2 is 2.18 bits per heavy atom. The zero-order valence-electron chi connectivity index (χ0n) is 12.7. The Labute approximate surface area is 130 Å². The third kappa shape index (κ3) is 4.68. The molecule has 1 atom stereocenters. The molecule has 6 nitrogen and oxygen atoms in total. The predicted molar refractivity (Wildman–Crippen MR) is 84.1 cm³/mol. The summed E-state index contributed by atoms with van der Waals surface area (Å²) < 4.78 is 7.12. The molecule has 0 aliphatic carbocycles. The molecule has 0 bridgehead atoms. The quantitative estimate of drug-likeness (QED) is 0.759.